The maximum atomic E-state index is 13.4. The van der Waals surface area contributed by atoms with Crippen molar-refractivity contribution in [3.63, 3.8) is 0 Å². The fraction of sp³-hybridized carbons (Fsp3) is 0.179. The van der Waals surface area contributed by atoms with E-state index in [4.69, 9.17) is 28.4 Å². The van der Waals surface area contributed by atoms with Crippen LogP contribution in [0.4, 0.5) is 0 Å². The van der Waals surface area contributed by atoms with Crippen LogP contribution in [0.2, 0.25) is 0 Å². The van der Waals surface area contributed by atoms with Gasteiger partial charge in [-0.15, -0.1) is 0 Å². The lowest BCUT2D eigenvalue weighted by Crippen LogP contribution is -2.34. The Labute approximate surface area is 534 Å². The van der Waals surface area contributed by atoms with E-state index in [1.165, 1.54) is 12.1 Å². The van der Waals surface area contributed by atoms with Gasteiger partial charge in [-0.1, -0.05) is 202 Å². The van der Waals surface area contributed by atoms with Gasteiger partial charge in [-0.2, -0.15) is 0 Å². The van der Waals surface area contributed by atoms with Crippen LogP contribution in [0.3, 0.4) is 0 Å². The third-order valence-electron chi connectivity index (χ3n) is 15.5. The van der Waals surface area contributed by atoms with Crippen molar-refractivity contribution in [1.29, 1.82) is 0 Å². The Morgan fingerprint density at radius 1 is 0.337 bits per heavy atom. The maximum Gasteiger partial charge on any atom is 0.379 e. The lowest BCUT2D eigenvalue weighted by Gasteiger charge is -2.32. The maximum absolute atomic E-state index is 13.4. The van der Waals surface area contributed by atoms with Gasteiger partial charge in [-0.25, -0.2) is 9.59 Å². The molecule has 0 amide bonds. The van der Waals surface area contributed by atoms with Crippen LogP contribution >= 0.6 is 0 Å². The minimum atomic E-state index is -1.04. The van der Waals surface area contributed by atoms with E-state index >= 15 is 0 Å². The van der Waals surface area contributed by atoms with Crippen molar-refractivity contribution in [1.82, 2.24) is 0 Å². The third-order valence-corrected chi connectivity index (χ3v) is 15.5. The number of carbonyl (C=O) groups excluding carboxylic acids is 8. The normalized spacial score (nSPS) is 11.5. The summed E-state index contributed by atoms with van der Waals surface area (Å²) >= 11 is 0. The molecule has 464 valence electrons. The number of rotatable bonds is 34. The number of ether oxygens (including phenoxy) is 6. The molecule has 14 nitrogen and oxygen atoms in total. The summed E-state index contributed by atoms with van der Waals surface area (Å²) in [5.41, 5.74) is 7.30. The van der Waals surface area contributed by atoms with Crippen molar-refractivity contribution in [3.05, 3.63) is 321 Å². The first-order valence-electron chi connectivity index (χ1n) is 30.2. The second-order valence-corrected chi connectivity index (χ2v) is 22.0. The zero-order valence-corrected chi connectivity index (χ0v) is 50.9. The average molecular weight is 1230 g/mol. The molecule has 0 radical (unpaired) electrons. The minimum Gasteiger partial charge on any atom is -0.488 e. The van der Waals surface area contributed by atoms with Gasteiger partial charge in [0.05, 0.1) is 33.0 Å². The molecule has 0 aromatic heterocycles. The first kappa shape index (κ1) is 65.6. The highest BCUT2D eigenvalue weighted by molar-refractivity contribution is 6.41. The Kier molecular flexibility index (Phi) is 23.3. The summed E-state index contributed by atoms with van der Waals surface area (Å²) in [6.07, 6.45) is 2.39. The first-order chi connectivity index (χ1) is 44.7. The minimum absolute atomic E-state index is 0.00258. The van der Waals surface area contributed by atoms with E-state index < -0.39 is 28.9 Å². The molecule has 9 aromatic carbocycles. The Bertz CT molecular complexity index is 3820. The monoisotopic (exact) mass is 1230 g/mol. The number of benzene rings is 9. The van der Waals surface area contributed by atoms with Crippen molar-refractivity contribution in [2.24, 2.45) is 5.41 Å². The van der Waals surface area contributed by atoms with Crippen LogP contribution in [-0.4, -0.2) is 92.9 Å². The zero-order valence-electron chi connectivity index (χ0n) is 50.9. The number of ketones is 6. The summed E-state index contributed by atoms with van der Waals surface area (Å²) < 4.78 is 34.7. The fourth-order valence-electron chi connectivity index (χ4n) is 10.1. The number of Topliss-reactive ketones (excluding diaryl/α,β-unsaturated/α-hetero) is 3. The molecule has 0 spiro atoms. The molecule has 0 aliphatic carbocycles. The lowest BCUT2D eigenvalue weighted by atomic mass is 9.82. The fourth-order valence-corrected chi connectivity index (χ4v) is 10.1. The lowest BCUT2D eigenvalue weighted by molar-refractivity contribution is -0.141. The highest BCUT2D eigenvalue weighted by Gasteiger charge is 2.30. The largest absolute Gasteiger partial charge is 0.488 e. The predicted molar refractivity (Wildman–Crippen MR) is 348 cm³/mol. The third kappa shape index (κ3) is 18.4. The molecule has 0 aliphatic rings. The highest BCUT2D eigenvalue weighted by Crippen LogP contribution is 2.30. The number of allylic oxidation sites excluding steroid dienone is 1. The van der Waals surface area contributed by atoms with Gasteiger partial charge in [-0.3, -0.25) is 28.8 Å². The van der Waals surface area contributed by atoms with Gasteiger partial charge in [-0.05, 0) is 103 Å². The van der Waals surface area contributed by atoms with Gasteiger partial charge in [0.15, 0.2) is 23.1 Å². The smallest absolute Gasteiger partial charge is 0.379 e. The van der Waals surface area contributed by atoms with E-state index in [1.54, 1.807) is 133 Å². The molecule has 14 heteroatoms. The predicted octanol–water partition coefficient (Wildman–Crippen LogP) is 14.1. The molecule has 0 saturated heterocycles. The van der Waals surface area contributed by atoms with Crippen LogP contribution in [0, 0.1) is 5.41 Å². The van der Waals surface area contributed by atoms with E-state index in [0.29, 0.717) is 82.5 Å². The summed E-state index contributed by atoms with van der Waals surface area (Å²) in [5.74, 6) is -3.54. The van der Waals surface area contributed by atoms with Gasteiger partial charge in [0, 0.05) is 55.5 Å². The molecular formula is C78H68O14. The molecule has 1 atom stereocenters. The van der Waals surface area contributed by atoms with Gasteiger partial charge < -0.3 is 28.4 Å². The second-order valence-electron chi connectivity index (χ2n) is 22.0. The van der Waals surface area contributed by atoms with Crippen molar-refractivity contribution in [2.45, 2.75) is 39.0 Å². The molecule has 0 aliphatic heterocycles. The van der Waals surface area contributed by atoms with Crippen LogP contribution < -0.4 is 4.74 Å². The van der Waals surface area contributed by atoms with Crippen LogP contribution in [0.1, 0.15) is 127 Å². The van der Waals surface area contributed by atoms with E-state index in [9.17, 15) is 38.4 Å². The molecule has 0 fully saturated rings. The van der Waals surface area contributed by atoms with Crippen LogP contribution in [0.5, 0.6) is 11.5 Å². The molecule has 0 bridgehead atoms. The van der Waals surface area contributed by atoms with Crippen LogP contribution in [0.25, 0.3) is 0 Å². The molecule has 1 unspecified atom stereocenters. The second kappa shape index (κ2) is 32.6. The summed E-state index contributed by atoms with van der Waals surface area (Å²) in [6, 6.07) is 68.4. The van der Waals surface area contributed by atoms with Crippen molar-refractivity contribution in [3.8, 4) is 11.5 Å². The van der Waals surface area contributed by atoms with Gasteiger partial charge >= 0.3 is 11.9 Å². The molecule has 0 heterocycles. The highest BCUT2D eigenvalue weighted by atomic mass is 16.6. The first-order valence-corrected chi connectivity index (χ1v) is 30.2. The van der Waals surface area contributed by atoms with Gasteiger partial charge in [0.2, 0.25) is 5.78 Å². The summed E-state index contributed by atoms with van der Waals surface area (Å²) in [6.45, 7) is 5.77. The van der Waals surface area contributed by atoms with E-state index in [-0.39, 0.29) is 86.3 Å². The molecular weight excluding hydrogens is 1160 g/mol. The number of hydrogen-bond donors (Lipinski definition) is 0. The number of esters is 2. The Hall–Kier alpha value is -10.8. The van der Waals surface area contributed by atoms with Crippen molar-refractivity contribution >= 4 is 46.6 Å². The standard InChI is InChI=1S/C78H68O14/c1-3-78(44-13-45-90-76(85)75(84)67-38-42-69(43-39-67)92-68-40-36-65(37-41-68)73(82)61-18-11-6-12-19-61,52-87-46-48-89-54(2)70(79)62-28-20-55(21-29-62)50-56-22-30-63(31-23-56)71(80)59-14-7-4-8-15-59)53-88-47-49-91-77(86)74(83)66-34-26-58(27-35-66)51-57-24-32-64(33-25-57)72(81)60-16-9-5-10-17-60/h4-12,14-43H,2-3,13,44-53H2,1H3. The quantitative estimate of drug-likeness (QED) is 0.00923. The van der Waals surface area contributed by atoms with Gasteiger partial charge in [0.25, 0.3) is 11.6 Å². The summed E-state index contributed by atoms with van der Waals surface area (Å²) in [7, 11) is 0. The number of hydrogen-bond acceptors (Lipinski definition) is 14. The van der Waals surface area contributed by atoms with E-state index in [0.717, 1.165) is 22.3 Å². The topological polar surface area (TPSA) is 192 Å². The van der Waals surface area contributed by atoms with E-state index in [2.05, 4.69) is 6.58 Å². The molecule has 9 rings (SSSR count). The van der Waals surface area contributed by atoms with Crippen LogP contribution in [0.15, 0.2) is 249 Å². The zero-order chi connectivity index (χ0) is 64.7. The molecule has 0 N–H and O–H groups in total. The van der Waals surface area contributed by atoms with Crippen molar-refractivity contribution < 1.29 is 66.8 Å². The Morgan fingerprint density at radius 3 is 1.01 bits per heavy atom. The SMILES string of the molecule is C=C(OCCOCC(CC)(CCCOC(=O)C(=O)c1ccc(Oc2ccc(C(=O)c3ccccc3)cc2)cc1)COCCOC(=O)C(=O)c1ccc(Cc2ccc(C(=O)c3ccccc3)cc2)cc1)C(=O)c1ccc(Cc2ccc(C(=O)c3ccccc3)cc2)cc1. The Morgan fingerprint density at radius 2 is 0.641 bits per heavy atom. The van der Waals surface area contributed by atoms with Gasteiger partial charge in [0.1, 0.15) is 24.7 Å². The van der Waals surface area contributed by atoms with E-state index in [1.807, 2.05) is 97.9 Å². The summed E-state index contributed by atoms with van der Waals surface area (Å²) in [4.78, 5) is 104. The van der Waals surface area contributed by atoms with Crippen LogP contribution in [-0.2, 0) is 46.1 Å². The molecule has 0 saturated carbocycles. The average Bonchev–Trinajstić information content (AvgIpc) is 2.07. The molecule has 9 aromatic rings. The number of carbonyl (C=O) groups is 8. The van der Waals surface area contributed by atoms with Crippen molar-refractivity contribution in [2.75, 3.05) is 46.2 Å². The summed E-state index contributed by atoms with van der Waals surface area (Å²) in [5, 5.41) is 0. The Balaban J connectivity index is 0.737. The molecule has 92 heavy (non-hydrogen) atoms.